The molecule has 0 spiro atoms. The summed E-state index contributed by atoms with van der Waals surface area (Å²) in [7, 11) is 0. The summed E-state index contributed by atoms with van der Waals surface area (Å²) in [6.45, 7) is 4.15. The summed E-state index contributed by atoms with van der Waals surface area (Å²) in [6, 6.07) is 5.02. The highest BCUT2D eigenvalue weighted by Crippen LogP contribution is 2.61. The van der Waals surface area contributed by atoms with Crippen molar-refractivity contribution in [2.24, 2.45) is 29.1 Å². The van der Waals surface area contributed by atoms with Crippen molar-refractivity contribution in [3.63, 3.8) is 0 Å². The molecule has 0 radical (unpaired) electrons. The van der Waals surface area contributed by atoms with Gasteiger partial charge >= 0.3 is 0 Å². The highest BCUT2D eigenvalue weighted by molar-refractivity contribution is 5.79. The van der Waals surface area contributed by atoms with E-state index < -0.39 is 0 Å². The van der Waals surface area contributed by atoms with Crippen molar-refractivity contribution >= 4 is 5.91 Å². The average Bonchev–Trinajstić information content (AvgIpc) is 2.57. The van der Waals surface area contributed by atoms with Crippen LogP contribution in [0.4, 0.5) is 0 Å². The van der Waals surface area contributed by atoms with Crippen molar-refractivity contribution in [1.82, 2.24) is 5.32 Å². The van der Waals surface area contributed by atoms with E-state index in [1.807, 2.05) is 6.92 Å². The Hall–Kier alpha value is -1.71. The fourth-order valence-corrected chi connectivity index (χ4v) is 6.36. The Balaban J connectivity index is 1.38. The van der Waals surface area contributed by atoms with Crippen molar-refractivity contribution in [2.75, 3.05) is 0 Å². The number of carbonyl (C=O) groups is 1. The monoisotopic (exact) mass is 357 g/mol. The van der Waals surface area contributed by atoms with Crippen LogP contribution in [0.2, 0.25) is 0 Å². The molecule has 4 aliphatic carbocycles. The van der Waals surface area contributed by atoms with E-state index in [1.165, 1.54) is 44.6 Å². The second-order valence-electron chi connectivity index (χ2n) is 9.44. The van der Waals surface area contributed by atoms with E-state index >= 15 is 0 Å². The number of benzene rings is 1. The van der Waals surface area contributed by atoms with Gasteiger partial charge in [0.15, 0.2) is 11.5 Å². The molecule has 0 saturated heterocycles. The third kappa shape index (κ3) is 3.19. The number of rotatable bonds is 5. The molecule has 1 amide bonds. The second kappa shape index (κ2) is 6.47. The lowest BCUT2D eigenvalue weighted by atomic mass is 9.48. The lowest BCUT2D eigenvalue weighted by Crippen LogP contribution is -2.56. The smallest absolute Gasteiger partial charge is 0.223 e. The molecule has 4 bridgehead atoms. The Bertz CT molecular complexity index is 663. The maximum atomic E-state index is 12.8. The summed E-state index contributed by atoms with van der Waals surface area (Å²) in [5, 5.41) is 22.4. The van der Waals surface area contributed by atoms with Crippen LogP contribution in [-0.4, -0.2) is 22.2 Å². The van der Waals surface area contributed by atoms with Crippen molar-refractivity contribution in [2.45, 2.75) is 64.8 Å². The molecule has 142 valence electrons. The number of hydrogen-bond acceptors (Lipinski definition) is 3. The van der Waals surface area contributed by atoms with Crippen LogP contribution in [0.3, 0.4) is 0 Å². The molecular formula is C22H31NO3. The van der Waals surface area contributed by atoms with E-state index in [0.717, 1.165) is 23.3 Å². The number of aromatic hydroxyl groups is 2. The fourth-order valence-electron chi connectivity index (χ4n) is 6.36. The molecule has 2 unspecified atom stereocenters. The number of phenols is 2. The lowest BCUT2D eigenvalue weighted by Gasteiger charge is -2.59. The van der Waals surface area contributed by atoms with Gasteiger partial charge in [0.2, 0.25) is 5.91 Å². The van der Waals surface area contributed by atoms with E-state index in [-0.39, 0.29) is 29.4 Å². The third-order valence-corrected chi connectivity index (χ3v) is 7.39. The number of carbonyl (C=O) groups excluding carboxylic acids is 1. The van der Waals surface area contributed by atoms with Gasteiger partial charge in [-0.25, -0.2) is 0 Å². The molecule has 3 N–H and O–H groups in total. The molecule has 4 heteroatoms. The largest absolute Gasteiger partial charge is 0.504 e. The van der Waals surface area contributed by atoms with Gasteiger partial charge in [0.1, 0.15) is 0 Å². The molecule has 4 saturated carbocycles. The first-order chi connectivity index (χ1) is 12.3. The average molecular weight is 357 g/mol. The maximum absolute atomic E-state index is 12.8. The summed E-state index contributed by atoms with van der Waals surface area (Å²) >= 11 is 0. The highest BCUT2D eigenvalue weighted by atomic mass is 16.3. The van der Waals surface area contributed by atoms with Gasteiger partial charge in [-0.15, -0.1) is 0 Å². The van der Waals surface area contributed by atoms with Gasteiger partial charge < -0.3 is 15.5 Å². The molecule has 4 aliphatic rings. The van der Waals surface area contributed by atoms with E-state index in [2.05, 4.69) is 12.2 Å². The quantitative estimate of drug-likeness (QED) is 0.698. The van der Waals surface area contributed by atoms with Crippen molar-refractivity contribution in [1.29, 1.82) is 0 Å². The minimum atomic E-state index is -0.157. The summed E-state index contributed by atoms with van der Waals surface area (Å²) < 4.78 is 0. The van der Waals surface area contributed by atoms with Crippen LogP contribution in [0.25, 0.3) is 0 Å². The van der Waals surface area contributed by atoms with Crippen LogP contribution in [0.5, 0.6) is 11.5 Å². The number of hydrogen-bond donors (Lipinski definition) is 3. The number of amides is 1. The zero-order chi connectivity index (χ0) is 18.5. The molecule has 4 nitrogen and oxygen atoms in total. The SMILES string of the molecule is CC(Cc1ccc(O)c(O)c1)C(=O)NC(C)C12CC3CC(CC(C3)C1)C2. The topological polar surface area (TPSA) is 69.6 Å². The van der Waals surface area contributed by atoms with Gasteiger partial charge in [-0.1, -0.05) is 13.0 Å². The Labute approximate surface area is 156 Å². The van der Waals surface area contributed by atoms with Crippen LogP contribution >= 0.6 is 0 Å². The van der Waals surface area contributed by atoms with Crippen molar-refractivity contribution in [3.8, 4) is 11.5 Å². The lowest BCUT2D eigenvalue weighted by molar-refractivity contribution is -0.129. The maximum Gasteiger partial charge on any atom is 0.223 e. The highest BCUT2D eigenvalue weighted by Gasteiger charge is 2.53. The molecule has 0 aliphatic heterocycles. The van der Waals surface area contributed by atoms with E-state index in [4.69, 9.17) is 0 Å². The van der Waals surface area contributed by atoms with Crippen LogP contribution in [0.1, 0.15) is 57.9 Å². The summed E-state index contributed by atoms with van der Waals surface area (Å²) in [5.41, 5.74) is 1.19. The van der Waals surface area contributed by atoms with E-state index in [0.29, 0.717) is 11.8 Å². The molecule has 1 aromatic rings. The first-order valence-electron chi connectivity index (χ1n) is 10.2. The van der Waals surface area contributed by atoms with Gasteiger partial charge in [-0.3, -0.25) is 4.79 Å². The van der Waals surface area contributed by atoms with Gasteiger partial charge in [-0.05, 0) is 92.7 Å². The zero-order valence-electron chi connectivity index (χ0n) is 15.9. The van der Waals surface area contributed by atoms with E-state index in [1.54, 1.807) is 12.1 Å². The Morgan fingerprint density at radius 1 is 1.08 bits per heavy atom. The fraction of sp³-hybridized carbons (Fsp3) is 0.682. The minimum Gasteiger partial charge on any atom is -0.504 e. The molecule has 1 aromatic carbocycles. The van der Waals surface area contributed by atoms with Gasteiger partial charge in [-0.2, -0.15) is 0 Å². The molecular weight excluding hydrogens is 326 g/mol. The second-order valence-corrected chi connectivity index (χ2v) is 9.44. The van der Waals surface area contributed by atoms with Gasteiger partial charge in [0.25, 0.3) is 0 Å². The Morgan fingerprint density at radius 3 is 2.19 bits per heavy atom. The summed E-state index contributed by atoms with van der Waals surface area (Å²) in [4.78, 5) is 12.8. The predicted octanol–water partition coefficient (Wildman–Crippen LogP) is 4.00. The standard InChI is InChI=1S/C22H31NO3/c1-13(5-15-3-4-19(24)20(25)9-15)21(26)23-14(2)22-10-16-6-17(11-22)8-18(7-16)12-22/h3-4,9,13-14,16-18,24-25H,5-8,10-12H2,1-2H3,(H,23,26). The Morgan fingerprint density at radius 2 is 1.65 bits per heavy atom. The molecule has 0 heterocycles. The summed E-state index contributed by atoms with van der Waals surface area (Å²) in [5.74, 6) is 2.35. The van der Waals surface area contributed by atoms with Crippen molar-refractivity contribution in [3.05, 3.63) is 23.8 Å². The molecule has 2 atom stereocenters. The molecule has 5 rings (SSSR count). The third-order valence-electron chi connectivity index (χ3n) is 7.39. The van der Waals surface area contributed by atoms with Gasteiger partial charge in [0, 0.05) is 12.0 Å². The number of phenolic OH excluding ortho intramolecular Hbond substituents is 2. The first-order valence-corrected chi connectivity index (χ1v) is 10.2. The molecule has 4 fully saturated rings. The molecule has 26 heavy (non-hydrogen) atoms. The van der Waals surface area contributed by atoms with Crippen LogP contribution in [0, 0.1) is 29.1 Å². The van der Waals surface area contributed by atoms with Gasteiger partial charge in [0.05, 0.1) is 0 Å². The van der Waals surface area contributed by atoms with Crippen molar-refractivity contribution < 1.29 is 15.0 Å². The normalized spacial score (nSPS) is 34.5. The Kier molecular flexibility index (Phi) is 4.40. The predicted molar refractivity (Wildman–Crippen MR) is 101 cm³/mol. The zero-order valence-corrected chi connectivity index (χ0v) is 15.9. The van der Waals surface area contributed by atoms with Crippen LogP contribution < -0.4 is 5.32 Å². The first kappa shape index (κ1) is 17.7. The van der Waals surface area contributed by atoms with E-state index in [9.17, 15) is 15.0 Å². The summed E-state index contributed by atoms with van der Waals surface area (Å²) in [6.07, 6.45) is 8.69. The number of nitrogens with one attached hydrogen (secondary N) is 1. The molecule has 0 aromatic heterocycles. The van der Waals surface area contributed by atoms with Crippen LogP contribution in [-0.2, 0) is 11.2 Å². The van der Waals surface area contributed by atoms with Crippen LogP contribution in [0.15, 0.2) is 18.2 Å². The minimum absolute atomic E-state index is 0.0980.